The van der Waals surface area contributed by atoms with E-state index in [2.05, 4.69) is 5.32 Å². The molecule has 2 aromatic rings. The third-order valence-electron chi connectivity index (χ3n) is 4.88. The molecule has 2 aliphatic heterocycles. The second-order valence-corrected chi connectivity index (χ2v) is 6.78. The van der Waals surface area contributed by atoms with Crippen LogP contribution in [0.1, 0.15) is 29.3 Å². The van der Waals surface area contributed by atoms with Crippen LogP contribution in [0.4, 0.5) is 5.82 Å². The monoisotopic (exact) mass is 399 g/mol. The van der Waals surface area contributed by atoms with Gasteiger partial charge in [-0.1, -0.05) is 6.92 Å². The van der Waals surface area contributed by atoms with Gasteiger partial charge in [0.05, 0.1) is 12.8 Å². The quantitative estimate of drug-likeness (QED) is 0.776. The second-order valence-electron chi connectivity index (χ2n) is 6.78. The second kappa shape index (κ2) is 7.16. The maximum absolute atomic E-state index is 12.9. The van der Waals surface area contributed by atoms with Gasteiger partial charge in [0.25, 0.3) is 5.56 Å². The van der Waals surface area contributed by atoms with Crippen molar-refractivity contribution in [2.45, 2.75) is 19.9 Å². The number of anilines is 1. The van der Waals surface area contributed by atoms with E-state index in [1.165, 1.54) is 18.7 Å². The number of rotatable bonds is 4. The number of nitrogens with zero attached hydrogens (tertiary/aromatic N) is 2. The molecular formula is C20H21N3O6. The SMILES string of the molecule is CCCn1c2c(c(=O)n(C)c1=O)C(=O)/C(=C/c1cc(OC)c3c(c1)OCCO3)N2. The fourth-order valence-corrected chi connectivity index (χ4v) is 3.50. The molecule has 0 aliphatic carbocycles. The number of methoxy groups -OCH3 is 1. The largest absolute Gasteiger partial charge is 0.493 e. The van der Waals surface area contributed by atoms with E-state index in [0.29, 0.717) is 49.0 Å². The van der Waals surface area contributed by atoms with Crippen LogP contribution in [0.2, 0.25) is 0 Å². The van der Waals surface area contributed by atoms with Crippen LogP contribution in [0.15, 0.2) is 27.4 Å². The lowest BCUT2D eigenvalue weighted by Gasteiger charge is -2.21. The zero-order chi connectivity index (χ0) is 20.7. The highest BCUT2D eigenvalue weighted by Gasteiger charge is 2.32. The molecular weight excluding hydrogens is 378 g/mol. The minimum atomic E-state index is -0.613. The highest BCUT2D eigenvalue weighted by Crippen LogP contribution is 2.41. The van der Waals surface area contributed by atoms with Crippen LogP contribution in [-0.2, 0) is 13.6 Å². The Kier molecular flexibility index (Phi) is 4.65. The fourth-order valence-electron chi connectivity index (χ4n) is 3.50. The molecule has 0 fully saturated rings. The van der Waals surface area contributed by atoms with Crippen molar-refractivity contribution in [1.29, 1.82) is 0 Å². The Balaban J connectivity index is 1.82. The molecule has 4 rings (SSSR count). The van der Waals surface area contributed by atoms with Crippen molar-refractivity contribution in [3.8, 4) is 17.2 Å². The number of allylic oxidation sites excluding steroid dienone is 1. The number of fused-ring (bicyclic) bond motifs is 2. The van der Waals surface area contributed by atoms with Crippen molar-refractivity contribution in [2.75, 3.05) is 25.6 Å². The first-order valence-electron chi connectivity index (χ1n) is 9.31. The van der Waals surface area contributed by atoms with E-state index in [9.17, 15) is 14.4 Å². The minimum Gasteiger partial charge on any atom is -0.493 e. The van der Waals surface area contributed by atoms with Gasteiger partial charge in [-0.3, -0.25) is 18.7 Å². The van der Waals surface area contributed by atoms with Crippen LogP contribution in [0.3, 0.4) is 0 Å². The van der Waals surface area contributed by atoms with Crippen LogP contribution in [0, 0.1) is 0 Å². The van der Waals surface area contributed by atoms with Gasteiger partial charge in [-0.15, -0.1) is 0 Å². The molecule has 0 atom stereocenters. The van der Waals surface area contributed by atoms with E-state index >= 15 is 0 Å². The topological polar surface area (TPSA) is 101 Å². The highest BCUT2D eigenvalue weighted by atomic mass is 16.6. The normalized spacial score (nSPS) is 16.0. The van der Waals surface area contributed by atoms with E-state index in [4.69, 9.17) is 14.2 Å². The van der Waals surface area contributed by atoms with Gasteiger partial charge in [-0.2, -0.15) is 0 Å². The van der Waals surface area contributed by atoms with Gasteiger partial charge < -0.3 is 19.5 Å². The van der Waals surface area contributed by atoms with E-state index < -0.39 is 17.0 Å². The first kappa shape index (κ1) is 18.9. The summed E-state index contributed by atoms with van der Waals surface area (Å²) < 4.78 is 19.0. The third kappa shape index (κ3) is 2.98. The Morgan fingerprint density at radius 1 is 1.21 bits per heavy atom. The summed E-state index contributed by atoms with van der Waals surface area (Å²) in [5.74, 6) is 1.29. The molecule has 0 bridgehead atoms. The number of ether oxygens (including phenoxy) is 3. The standard InChI is InChI=1S/C20H21N3O6/c1-4-5-23-18-15(19(25)22(2)20(23)26)16(24)12(21-18)8-11-9-13(27-3)17-14(10-11)28-6-7-29-17/h8-10,21H,4-7H2,1-3H3/b12-8-. The molecule has 0 saturated heterocycles. The molecule has 29 heavy (non-hydrogen) atoms. The molecule has 1 aromatic carbocycles. The summed E-state index contributed by atoms with van der Waals surface area (Å²) in [6.45, 7) is 3.15. The van der Waals surface area contributed by atoms with Gasteiger partial charge in [0.1, 0.15) is 24.6 Å². The summed E-state index contributed by atoms with van der Waals surface area (Å²) in [6, 6.07) is 3.45. The first-order valence-corrected chi connectivity index (χ1v) is 9.31. The number of hydrogen-bond donors (Lipinski definition) is 1. The van der Waals surface area contributed by atoms with Gasteiger partial charge in [0.2, 0.25) is 11.5 Å². The summed E-state index contributed by atoms with van der Waals surface area (Å²) in [4.78, 5) is 37.9. The van der Waals surface area contributed by atoms with Gasteiger partial charge in [0, 0.05) is 13.6 Å². The van der Waals surface area contributed by atoms with Crippen molar-refractivity contribution in [3.63, 3.8) is 0 Å². The number of nitrogens with one attached hydrogen (secondary N) is 1. The fraction of sp³-hybridized carbons (Fsp3) is 0.350. The molecule has 1 N–H and O–H groups in total. The average Bonchev–Trinajstić information content (AvgIpc) is 3.05. The van der Waals surface area contributed by atoms with Gasteiger partial charge >= 0.3 is 5.69 Å². The minimum absolute atomic E-state index is 0.0312. The Morgan fingerprint density at radius 2 is 1.97 bits per heavy atom. The number of aromatic nitrogens is 2. The van der Waals surface area contributed by atoms with Gasteiger partial charge in [0.15, 0.2) is 11.5 Å². The van der Waals surface area contributed by atoms with E-state index in [1.54, 1.807) is 18.2 Å². The Morgan fingerprint density at radius 3 is 2.69 bits per heavy atom. The molecule has 0 unspecified atom stereocenters. The highest BCUT2D eigenvalue weighted by molar-refractivity contribution is 6.19. The number of Topliss-reactive ketones (excluding diaryl/α,β-unsaturated/α-hetero) is 1. The summed E-state index contributed by atoms with van der Waals surface area (Å²) in [6.07, 6.45) is 2.28. The maximum Gasteiger partial charge on any atom is 0.332 e. The maximum atomic E-state index is 12.9. The van der Waals surface area contributed by atoms with Crippen LogP contribution in [0.25, 0.3) is 6.08 Å². The van der Waals surface area contributed by atoms with E-state index in [1.807, 2.05) is 6.92 Å². The van der Waals surface area contributed by atoms with Crippen molar-refractivity contribution >= 4 is 17.7 Å². The third-order valence-corrected chi connectivity index (χ3v) is 4.88. The first-order chi connectivity index (χ1) is 14.0. The number of ketones is 1. The molecule has 0 radical (unpaired) electrons. The number of carbonyl (C=O) groups excluding carboxylic acids is 1. The predicted molar refractivity (Wildman–Crippen MR) is 106 cm³/mol. The van der Waals surface area contributed by atoms with Gasteiger partial charge in [-0.25, -0.2) is 4.79 Å². The number of benzene rings is 1. The van der Waals surface area contributed by atoms with E-state index in [-0.39, 0.29) is 17.1 Å². The smallest absolute Gasteiger partial charge is 0.332 e. The zero-order valence-corrected chi connectivity index (χ0v) is 16.4. The van der Waals surface area contributed by atoms with Crippen LogP contribution < -0.4 is 30.8 Å². The molecule has 1 aromatic heterocycles. The summed E-state index contributed by atoms with van der Waals surface area (Å²) in [7, 11) is 2.89. The zero-order valence-electron chi connectivity index (χ0n) is 16.4. The average molecular weight is 399 g/mol. The van der Waals surface area contributed by atoms with E-state index in [0.717, 1.165) is 4.57 Å². The molecule has 9 nitrogen and oxygen atoms in total. The molecule has 9 heteroatoms. The molecule has 0 spiro atoms. The predicted octanol–water partition coefficient (Wildman–Crippen LogP) is 1.39. The Bertz CT molecular complexity index is 1140. The number of carbonyl (C=O) groups is 1. The van der Waals surface area contributed by atoms with Crippen molar-refractivity contribution in [1.82, 2.24) is 9.13 Å². The summed E-state index contributed by atoms with van der Waals surface area (Å²) in [5.41, 5.74) is -0.269. The number of hydrogen-bond acceptors (Lipinski definition) is 7. The summed E-state index contributed by atoms with van der Waals surface area (Å²) >= 11 is 0. The lowest BCUT2D eigenvalue weighted by Crippen LogP contribution is -2.40. The molecule has 152 valence electrons. The van der Waals surface area contributed by atoms with Crippen LogP contribution >= 0.6 is 0 Å². The van der Waals surface area contributed by atoms with Crippen LogP contribution in [0.5, 0.6) is 17.2 Å². The molecule has 2 aliphatic rings. The lowest BCUT2D eigenvalue weighted by molar-refractivity contribution is 0.104. The molecule has 0 amide bonds. The Labute approximate surface area is 166 Å². The van der Waals surface area contributed by atoms with Crippen molar-refractivity contribution < 1.29 is 19.0 Å². The van der Waals surface area contributed by atoms with Crippen LogP contribution in [-0.4, -0.2) is 35.2 Å². The Hall–Kier alpha value is -3.49. The van der Waals surface area contributed by atoms with Gasteiger partial charge in [-0.05, 0) is 30.2 Å². The van der Waals surface area contributed by atoms with Crippen molar-refractivity contribution in [2.24, 2.45) is 7.05 Å². The lowest BCUT2D eigenvalue weighted by atomic mass is 10.1. The summed E-state index contributed by atoms with van der Waals surface area (Å²) in [5, 5.41) is 2.96. The molecule has 0 saturated carbocycles. The van der Waals surface area contributed by atoms with Crippen molar-refractivity contribution in [3.05, 3.63) is 49.8 Å². The molecule has 3 heterocycles.